The van der Waals surface area contributed by atoms with Crippen LogP contribution in [0.5, 0.6) is 0 Å². The van der Waals surface area contributed by atoms with Crippen LogP contribution in [0, 0.1) is 0 Å². The smallest absolute Gasteiger partial charge is 0.407 e. The minimum Gasteiger partial charge on any atom is -0.444 e. The normalized spacial score (nSPS) is 18.4. The molecule has 1 fully saturated rings. The summed E-state index contributed by atoms with van der Waals surface area (Å²) in [5, 5.41) is 6.05. The first kappa shape index (κ1) is 12.3. The number of hydrogen-bond donors (Lipinski definition) is 2. The number of alkyl carbamates (subject to hydrolysis) is 1. The average Bonchev–Trinajstić information content (AvgIpc) is 2.82. The number of rotatable bonds is 4. The Labute approximate surface area is 91.8 Å². The zero-order valence-corrected chi connectivity index (χ0v) is 10.1. The third-order valence-electron chi connectivity index (χ3n) is 2.66. The molecule has 15 heavy (non-hydrogen) atoms. The minimum absolute atomic E-state index is 0.287. The van der Waals surface area contributed by atoms with Gasteiger partial charge < -0.3 is 15.4 Å². The van der Waals surface area contributed by atoms with Crippen molar-refractivity contribution >= 4 is 6.09 Å². The van der Waals surface area contributed by atoms with Crippen LogP contribution in [-0.4, -0.2) is 30.8 Å². The lowest BCUT2D eigenvalue weighted by molar-refractivity contribution is 0.0525. The molecule has 88 valence electrons. The number of carbonyl (C=O) groups is 1. The highest BCUT2D eigenvalue weighted by molar-refractivity contribution is 5.67. The van der Waals surface area contributed by atoms with Crippen molar-refractivity contribution in [3.8, 4) is 0 Å². The fraction of sp³-hybridized carbons (Fsp3) is 0.909. The van der Waals surface area contributed by atoms with E-state index in [1.54, 1.807) is 0 Å². The molecule has 0 saturated heterocycles. The van der Waals surface area contributed by atoms with E-state index in [1.165, 1.54) is 12.8 Å². The summed E-state index contributed by atoms with van der Waals surface area (Å²) in [5.41, 5.74) is -0.126. The summed E-state index contributed by atoms with van der Waals surface area (Å²) >= 11 is 0. The summed E-state index contributed by atoms with van der Waals surface area (Å²) < 4.78 is 5.14. The van der Waals surface area contributed by atoms with Gasteiger partial charge in [0.25, 0.3) is 0 Å². The molecule has 4 heteroatoms. The summed E-state index contributed by atoms with van der Waals surface area (Å²) in [6, 6.07) is 0. The quantitative estimate of drug-likeness (QED) is 0.748. The van der Waals surface area contributed by atoms with Gasteiger partial charge in [-0.3, -0.25) is 0 Å². The molecule has 1 saturated carbocycles. The van der Waals surface area contributed by atoms with Gasteiger partial charge in [0, 0.05) is 12.1 Å². The van der Waals surface area contributed by atoms with E-state index in [-0.39, 0.29) is 11.6 Å². The molecule has 0 aromatic carbocycles. The van der Waals surface area contributed by atoms with Gasteiger partial charge in [-0.2, -0.15) is 0 Å². The Balaban J connectivity index is 2.12. The van der Waals surface area contributed by atoms with E-state index < -0.39 is 5.60 Å². The van der Waals surface area contributed by atoms with Crippen molar-refractivity contribution in [2.45, 2.75) is 51.2 Å². The van der Waals surface area contributed by atoms with Crippen molar-refractivity contribution in [1.82, 2.24) is 10.6 Å². The fourth-order valence-corrected chi connectivity index (χ4v) is 1.49. The Morgan fingerprint density at radius 3 is 2.40 bits per heavy atom. The van der Waals surface area contributed by atoms with Crippen LogP contribution in [0.3, 0.4) is 0 Å². The number of amides is 1. The summed E-state index contributed by atoms with van der Waals surface area (Å²) in [4.78, 5) is 11.3. The lowest BCUT2D eigenvalue weighted by Crippen LogP contribution is -2.36. The summed E-state index contributed by atoms with van der Waals surface area (Å²) in [7, 11) is 1.97. The molecular formula is C11H22N2O2. The third-order valence-corrected chi connectivity index (χ3v) is 2.66. The number of hydrogen-bond acceptors (Lipinski definition) is 3. The number of nitrogens with one attached hydrogen (secondary N) is 2. The van der Waals surface area contributed by atoms with Gasteiger partial charge in [-0.05, 0) is 47.1 Å². The molecule has 2 N–H and O–H groups in total. The molecule has 4 nitrogen and oxygen atoms in total. The van der Waals surface area contributed by atoms with E-state index in [0.717, 1.165) is 6.42 Å². The zero-order chi connectivity index (χ0) is 11.5. The van der Waals surface area contributed by atoms with Crippen LogP contribution in [0.1, 0.15) is 40.0 Å². The van der Waals surface area contributed by atoms with Gasteiger partial charge in [0.2, 0.25) is 0 Å². The molecular weight excluding hydrogens is 192 g/mol. The Bertz CT molecular complexity index is 229. The second kappa shape index (κ2) is 4.39. The Kier molecular flexibility index (Phi) is 3.60. The monoisotopic (exact) mass is 214 g/mol. The Hall–Kier alpha value is -0.770. The molecule has 1 aliphatic carbocycles. The maximum atomic E-state index is 11.3. The standard InChI is InChI=1S/C11H22N2O2/c1-10(2,3)15-9(14)13-8-7-11(12-4)5-6-11/h12H,5-8H2,1-4H3,(H,13,14). The maximum absolute atomic E-state index is 11.3. The van der Waals surface area contributed by atoms with Crippen molar-refractivity contribution in [2.24, 2.45) is 0 Å². The topological polar surface area (TPSA) is 50.4 Å². The van der Waals surface area contributed by atoms with Gasteiger partial charge in [0.1, 0.15) is 5.60 Å². The van der Waals surface area contributed by atoms with Crippen molar-refractivity contribution < 1.29 is 9.53 Å². The van der Waals surface area contributed by atoms with E-state index >= 15 is 0 Å². The van der Waals surface area contributed by atoms with E-state index in [1.807, 2.05) is 27.8 Å². The summed E-state index contributed by atoms with van der Waals surface area (Å²) in [6.07, 6.45) is 3.07. The van der Waals surface area contributed by atoms with Crippen molar-refractivity contribution in [3.63, 3.8) is 0 Å². The summed E-state index contributed by atoms with van der Waals surface area (Å²) in [5.74, 6) is 0. The second-order valence-corrected chi connectivity index (χ2v) is 5.21. The van der Waals surface area contributed by atoms with E-state index in [4.69, 9.17) is 4.74 Å². The summed E-state index contributed by atoms with van der Waals surface area (Å²) in [6.45, 7) is 6.27. The molecule has 0 aliphatic heterocycles. The molecule has 0 unspecified atom stereocenters. The Morgan fingerprint density at radius 1 is 1.40 bits per heavy atom. The lowest BCUT2D eigenvalue weighted by atomic mass is 10.2. The van der Waals surface area contributed by atoms with Crippen LogP contribution in [0.25, 0.3) is 0 Å². The second-order valence-electron chi connectivity index (χ2n) is 5.21. The Morgan fingerprint density at radius 2 is 2.00 bits per heavy atom. The minimum atomic E-state index is -0.412. The van der Waals surface area contributed by atoms with Crippen LogP contribution in [0.2, 0.25) is 0 Å². The van der Waals surface area contributed by atoms with Gasteiger partial charge in [0.05, 0.1) is 0 Å². The predicted molar refractivity (Wildman–Crippen MR) is 59.9 cm³/mol. The van der Waals surface area contributed by atoms with Crippen LogP contribution in [0.4, 0.5) is 4.79 Å². The largest absolute Gasteiger partial charge is 0.444 e. The van der Waals surface area contributed by atoms with Crippen LogP contribution in [0.15, 0.2) is 0 Å². The molecule has 0 aromatic heterocycles. The fourth-order valence-electron chi connectivity index (χ4n) is 1.49. The zero-order valence-electron chi connectivity index (χ0n) is 10.1. The first-order chi connectivity index (χ1) is 6.87. The highest BCUT2D eigenvalue weighted by Gasteiger charge is 2.40. The first-order valence-corrected chi connectivity index (χ1v) is 5.53. The molecule has 0 bridgehead atoms. The van der Waals surface area contributed by atoms with Gasteiger partial charge in [-0.1, -0.05) is 0 Å². The molecule has 1 amide bonds. The van der Waals surface area contributed by atoms with Crippen LogP contribution < -0.4 is 10.6 Å². The molecule has 1 rings (SSSR count). The van der Waals surface area contributed by atoms with Crippen molar-refractivity contribution in [1.29, 1.82) is 0 Å². The maximum Gasteiger partial charge on any atom is 0.407 e. The van der Waals surface area contributed by atoms with Gasteiger partial charge in [-0.25, -0.2) is 4.79 Å². The van der Waals surface area contributed by atoms with Gasteiger partial charge in [0.15, 0.2) is 0 Å². The lowest BCUT2D eigenvalue weighted by Gasteiger charge is -2.20. The van der Waals surface area contributed by atoms with Gasteiger partial charge in [-0.15, -0.1) is 0 Å². The molecule has 0 spiro atoms. The average molecular weight is 214 g/mol. The van der Waals surface area contributed by atoms with E-state index in [2.05, 4.69) is 10.6 Å². The van der Waals surface area contributed by atoms with Crippen LogP contribution >= 0.6 is 0 Å². The predicted octanol–water partition coefficient (Wildman–Crippen LogP) is 1.65. The van der Waals surface area contributed by atoms with E-state index in [9.17, 15) is 4.79 Å². The number of ether oxygens (including phenoxy) is 1. The SMILES string of the molecule is CNC1(CCNC(=O)OC(C)(C)C)CC1. The number of carbonyl (C=O) groups excluding carboxylic acids is 1. The van der Waals surface area contributed by atoms with E-state index in [0.29, 0.717) is 6.54 Å². The molecule has 0 aromatic rings. The van der Waals surface area contributed by atoms with Crippen molar-refractivity contribution in [3.05, 3.63) is 0 Å². The van der Waals surface area contributed by atoms with Crippen molar-refractivity contribution in [2.75, 3.05) is 13.6 Å². The molecule has 1 aliphatic rings. The molecule has 0 heterocycles. The molecule has 0 radical (unpaired) electrons. The first-order valence-electron chi connectivity index (χ1n) is 5.53. The van der Waals surface area contributed by atoms with Gasteiger partial charge >= 0.3 is 6.09 Å². The van der Waals surface area contributed by atoms with Crippen LogP contribution in [-0.2, 0) is 4.74 Å². The highest BCUT2D eigenvalue weighted by Crippen LogP contribution is 2.37. The third kappa shape index (κ3) is 4.51. The highest BCUT2D eigenvalue weighted by atomic mass is 16.6. The molecule has 0 atom stereocenters.